The molecular formula is C27H18ClN3O2S2. The lowest BCUT2D eigenvalue weighted by molar-refractivity contribution is -0.384. The van der Waals surface area contributed by atoms with Crippen LogP contribution in [-0.4, -0.2) is 16.1 Å². The smallest absolute Gasteiger partial charge is 0.258 e. The van der Waals surface area contributed by atoms with Crippen LogP contribution in [0.2, 0.25) is 5.02 Å². The minimum atomic E-state index is -0.410. The zero-order chi connectivity index (χ0) is 24.2. The highest BCUT2D eigenvalue weighted by molar-refractivity contribution is 8.01. The van der Waals surface area contributed by atoms with Crippen LogP contribution in [0.1, 0.15) is 21.9 Å². The second kappa shape index (κ2) is 10.4. The summed E-state index contributed by atoms with van der Waals surface area (Å²) in [6, 6.07) is 30.6. The maximum absolute atomic E-state index is 11.0. The Labute approximate surface area is 215 Å². The fourth-order valence-corrected chi connectivity index (χ4v) is 6.13. The molecule has 0 aliphatic carbocycles. The van der Waals surface area contributed by atoms with Gasteiger partial charge in [0, 0.05) is 23.4 Å². The summed E-state index contributed by atoms with van der Waals surface area (Å²) in [7, 11) is 0. The van der Waals surface area contributed by atoms with Gasteiger partial charge in [-0.3, -0.25) is 15.1 Å². The van der Waals surface area contributed by atoms with Gasteiger partial charge >= 0.3 is 0 Å². The zero-order valence-corrected chi connectivity index (χ0v) is 20.6. The van der Waals surface area contributed by atoms with Crippen LogP contribution in [0.3, 0.4) is 0 Å². The lowest BCUT2D eigenvalue weighted by Gasteiger charge is -2.16. The van der Waals surface area contributed by atoms with Crippen molar-refractivity contribution in [3.63, 3.8) is 0 Å². The SMILES string of the molecule is O=[N+]([O-])c1cccc(C=Nc2ccc3nc(S[C@H](c4ccccc4)c4ccc(Cl)cc4)sc3c2)c1. The molecule has 5 nitrogen and oxygen atoms in total. The Balaban J connectivity index is 1.41. The molecule has 0 radical (unpaired) electrons. The summed E-state index contributed by atoms with van der Waals surface area (Å²) in [5.41, 5.74) is 4.75. The van der Waals surface area contributed by atoms with Crippen LogP contribution in [0, 0.1) is 10.1 Å². The lowest BCUT2D eigenvalue weighted by Crippen LogP contribution is -1.96. The van der Waals surface area contributed by atoms with Gasteiger partial charge in [-0.05, 0) is 47.0 Å². The Kier molecular flexibility index (Phi) is 6.90. The summed E-state index contributed by atoms with van der Waals surface area (Å²) in [5, 5.41) is 11.8. The van der Waals surface area contributed by atoms with E-state index in [1.807, 2.05) is 48.5 Å². The van der Waals surface area contributed by atoms with E-state index in [9.17, 15) is 10.1 Å². The van der Waals surface area contributed by atoms with Crippen molar-refractivity contribution in [2.75, 3.05) is 0 Å². The van der Waals surface area contributed by atoms with Gasteiger partial charge in [-0.15, -0.1) is 11.3 Å². The van der Waals surface area contributed by atoms with Crippen molar-refractivity contribution in [3.8, 4) is 0 Å². The lowest BCUT2D eigenvalue weighted by atomic mass is 10.0. The van der Waals surface area contributed by atoms with E-state index < -0.39 is 4.92 Å². The van der Waals surface area contributed by atoms with Crippen molar-refractivity contribution in [1.29, 1.82) is 0 Å². The molecule has 0 aliphatic rings. The summed E-state index contributed by atoms with van der Waals surface area (Å²) in [5.74, 6) is 0. The van der Waals surface area contributed by atoms with Crippen molar-refractivity contribution >= 4 is 62.5 Å². The van der Waals surface area contributed by atoms with Gasteiger partial charge in [-0.2, -0.15) is 0 Å². The van der Waals surface area contributed by atoms with Gasteiger partial charge in [0.1, 0.15) is 0 Å². The first kappa shape index (κ1) is 23.2. The molecule has 0 saturated carbocycles. The molecule has 5 aromatic rings. The van der Waals surface area contributed by atoms with Gasteiger partial charge in [-0.25, -0.2) is 4.98 Å². The highest BCUT2D eigenvalue weighted by Gasteiger charge is 2.18. The number of hydrogen-bond acceptors (Lipinski definition) is 6. The van der Waals surface area contributed by atoms with Gasteiger partial charge in [-0.1, -0.05) is 78.0 Å². The number of aromatic nitrogens is 1. The summed E-state index contributed by atoms with van der Waals surface area (Å²) in [6.45, 7) is 0. The first-order valence-electron chi connectivity index (χ1n) is 10.7. The molecule has 0 spiro atoms. The number of aliphatic imine (C=N–C) groups is 1. The molecule has 0 amide bonds. The number of non-ortho nitro benzene ring substituents is 1. The Hall–Kier alpha value is -3.52. The summed E-state index contributed by atoms with van der Waals surface area (Å²) < 4.78 is 1.99. The molecule has 0 bridgehead atoms. The monoisotopic (exact) mass is 515 g/mol. The number of nitro benzene ring substituents is 1. The standard InChI is InChI=1S/C27H18ClN3O2S2/c28-21-11-9-20(10-12-21)26(19-6-2-1-3-7-19)35-27-30-24-14-13-22(16-25(24)34-27)29-17-18-5-4-8-23(15-18)31(32)33/h1-17,26H/t26-/m1/s1. The average Bonchev–Trinajstić information content (AvgIpc) is 3.29. The predicted octanol–water partition coefficient (Wildman–Crippen LogP) is 8.49. The third-order valence-corrected chi connectivity index (χ3v) is 7.97. The molecule has 4 aromatic carbocycles. The number of nitro groups is 1. The molecule has 1 heterocycles. The largest absolute Gasteiger partial charge is 0.270 e. The number of nitrogens with zero attached hydrogens (tertiary/aromatic N) is 3. The Bertz CT molecular complexity index is 1520. The molecule has 5 rings (SSSR count). The number of thiazole rings is 1. The molecule has 1 atom stereocenters. The number of benzene rings is 4. The molecule has 0 N–H and O–H groups in total. The molecule has 0 aliphatic heterocycles. The third kappa shape index (κ3) is 5.59. The Morgan fingerprint density at radius 3 is 2.49 bits per heavy atom. The van der Waals surface area contributed by atoms with E-state index in [4.69, 9.17) is 16.6 Å². The molecule has 0 saturated heterocycles. The van der Waals surface area contributed by atoms with Crippen molar-refractivity contribution in [1.82, 2.24) is 4.98 Å². The highest BCUT2D eigenvalue weighted by atomic mass is 35.5. The Morgan fingerprint density at radius 1 is 0.943 bits per heavy atom. The van der Waals surface area contributed by atoms with E-state index in [2.05, 4.69) is 29.3 Å². The number of fused-ring (bicyclic) bond motifs is 1. The van der Waals surface area contributed by atoms with E-state index >= 15 is 0 Å². The fraction of sp³-hybridized carbons (Fsp3) is 0.0370. The number of hydrogen-bond donors (Lipinski definition) is 0. The van der Waals surface area contributed by atoms with Crippen molar-refractivity contribution in [2.24, 2.45) is 4.99 Å². The maximum Gasteiger partial charge on any atom is 0.270 e. The summed E-state index contributed by atoms with van der Waals surface area (Å²) >= 11 is 9.45. The van der Waals surface area contributed by atoms with Crippen molar-refractivity contribution in [2.45, 2.75) is 9.59 Å². The summed E-state index contributed by atoms with van der Waals surface area (Å²) in [6.07, 6.45) is 1.64. The van der Waals surface area contributed by atoms with Crippen molar-refractivity contribution < 1.29 is 4.92 Å². The number of rotatable bonds is 7. The summed E-state index contributed by atoms with van der Waals surface area (Å²) in [4.78, 5) is 19.9. The van der Waals surface area contributed by atoms with E-state index in [0.717, 1.165) is 25.8 Å². The normalized spacial score (nSPS) is 12.3. The third-order valence-electron chi connectivity index (χ3n) is 5.29. The average molecular weight is 516 g/mol. The van der Waals surface area contributed by atoms with Gasteiger partial charge in [0.25, 0.3) is 5.69 Å². The van der Waals surface area contributed by atoms with Crippen molar-refractivity contribution in [3.05, 3.63) is 129 Å². The van der Waals surface area contributed by atoms with Crippen LogP contribution in [0.5, 0.6) is 0 Å². The first-order chi connectivity index (χ1) is 17.0. The van der Waals surface area contributed by atoms with Crippen LogP contribution in [0.15, 0.2) is 106 Å². The molecule has 172 valence electrons. The van der Waals surface area contributed by atoms with E-state index in [1.54, 1.807) is 41.4 Å². The quantitative estimate of drug-likeness (QED) is 0.0942. The van der Waals surface area contributed by atoms with E-state index in [-0.39, 0.29) is 10.9 Å². The highest BCUT2D eigenvalue weighted by Crippen LogP contribution is 2.43. The van der Waals surface area contributed by atoms with Crippen LogP contribution < -0.4 is 0 Å². The zero-order valence-electron chi connectivity index (χ0n) is 18.2. The fourth-order valence-electron chi connectivity index (χ4n) is 3.59. The molecule has 0 fully saturated rings. The number of halogens is 1. The minimum absolute atomic E-state index is 0.0437. The second-order valence-electron chi connectivity index (χ2n) is 7.70. The van der Waals surface area contributed by atoms with Gasteiger partial charge in [0.15, 0.2) is 4.34 Å². The van der Waals surface area contributed by atoms with Crippen LogP contribution in [0.4, 0.5) is 11.4 Å². The van der Waals surface area contributed by atoms with Gasteiger partial charge in [0.05, 0.1) is 26.1 Å². The van der Waals surface area contributed by atoms with Gasteiger partial charge in [0.2, 0.25) is 0 Å². The van der Waals surface area contributed by atoms with Crippen LogP contribution >= 0.6 is 34.7 Å². The second-order valence-corrected chi connectivity index (χ2v) is 10.5. The van der Waals surface area contributed by atoms with Crippen LogP contribution in [-0.2, 0) is 0 Å². The number of thioether (sulfide) groups is 1. The van der Waals surface area contributed by atoms with E-state index in [0.29, 0.717) is 10.6 Å². The topological polar surface area (TPSA) is 68.4 Å². The molecule has 0 unspecified atom stereocenters. The molecule has 1 aromatic heterocycles. The molecule has 35 heavy (non-hydrogen) atoms. The predicted molar refractivity (Wildman–Crippen MR) is 146 cm³/mol. The maximum atomic E-state index is 11.0. The minimum Gasteiger partial charge on any atom is -0.258 e. The Morgan fingerprint density at radius 2 is 1.71 bits per heavy atom. The first-order valence-corrected chi connectivity index (χ1v) is 12.8. The van der Waals surface area contributed by atoms with Crippen LogP contribution in [0.25, 0.3) is 10.2 Å². The van der Waals surface area contributed by atoms with Gasteiger partial charge < -0.3 is 0 Å². The molecule has 8 heteroatoms. The van der Waals surface area contributed by atoms with E-state index in [1.165, 1.54) is 17.7 Å². The molecular weight excluding hydrogens is 498 g/mol.